The van der Waals surface area contributed by atoms with E-state index in [0.717, 1.165) is 6.42 Å². The van der Waals surface area contributed by atoms with Crippen molar-refractivity contribution in [3.8, 4) is 0 Å². The van der Waals surface area contributed by atoms with Crippen LogP contribution < -0.4 is 16.0 Å². The third kappa shape index (κ3) is 4.77. The lowest BCUT2D eigenvalue weighted by atomic mass is 10.1. The minimum atomic E-state index is -0.198. The summed E-state index contributed by atoms with van der Waals surface area (Å²) < 4.78 is 0. The predicted molar refractivity (Wildman–Crippen MR) is 87.1 cm³/mol. The van der Waals surface area contributed by atoms with E-state index in [2.05, 4.69) is 16.0 Å². The van der Waals surface area contributed by atoms with E-state index in [1.165, 1.54) is 18.7 Å². The van der Waals surface area contributed by atoms with Crippen LogP contribution in [0.2, 0.25) is 0 Å². The zero-order chi connectivity index (χ0) is 16.1. The summed E-state index contributed by atoms with van der Waals surface area (Å²) in [4.78, 5) is 34.4. The quantitative estimate of drug-likeness (QED) is 0.724. The van der Waals surface area contributed by atoms with Crippen LogP contribution in [0.3, 0.4) is 0 Å². The average molecular weight is 321 g/mol. The van der Waals surface area contributed by atoms with Crippen LogP contribution >= 0.6 is 11.8 Å². The summed E-state index contributed by atoms with van der Waals surface area (Å²) in [5.41, 5.74) is 1.26. The second-order valence-electron chi connectivity index (χ2n) is 5.24. The first-order chi connectivity index (χ1) is 10.4. The molecule has 2 atom stereocenters. The number of ketones is 1. The fourth-order valence-electron chi connectivity index (χ4n) is 2.12. The Hall–Kier alpha value is -2.02. The Kier molecular flexibility index (Phi) is 5.43. The van der Waals surface area contributed by atoms with E-state index in [1.54, 1.807) is 24.3 Å². The van der Waals surface area contributed by atoms with Gasteiger partial charge in [0, 0.05) is 17.3 Å². The Morgan fingerprint density at radius 1 is 1.27 bits per heavy atom. The molecule has 118 valence electrons. The number of nitrogens with one attached hydrogen (secondary N) is 3. The number of thioether (sulfide) groups is 1. The molecule has 1 fully saturated rings. The van der Waals surface area contributed by atoms with Crippen LogP contribution in [-0.2, 0) is 4.79 Å². The highest BCUT2D eigenvalue weighted by Crippen LogP contribution is 2.17. The van der Waals surface area contributed by atoms with E-state index < -0.39 is 0 Å². The number of carbonyl (C=O) groups excluding carboxylic acids is 3. The van der Waals surface area contributed by atoms with Gasteiger partial charge in [-0.05, 0) is 44.5 Å². The molecule has 22 heavy (non-hydrogen) atoms. The Morgan fingerprint density at radius 2 is 1.95 bits per heavy atom. The molecule has 0 aliphatic carbocycles. The molecular formula is C15H19N3O3S. The molecule has 1 heterocycles. The summed E-state index contributed by atoms with van der Waals surface area (Å²) in [6, 6.07) is 6.67. The van der Waals surface area contributed by atoms with Gasteiger partial charge in [0.05, 0.1) is 11.1 Å². The molecule has 1 aliphatic heterocycles. The molecule has 0 bridgehead atoms. The summed E-state index contributed by atoms with van der Waals surface area (Å²) in [5.74, 6) is 0.108. The van der Waals surface area contributed by atoms with Crippen molar-refractivity contribution < 1.29 is 14.4 Å². The summed E-state index contributed by atoms with van der Waals surface area (Å²) in [6.45, 7) is 3.43. The Labute approximate surface area is 133 Å². The molecule has 0 radical (unpaired) electrons. The largest absolute Gasteiger partial charge is 0.336 e. The molecular weight excluding hydrogens is 302 g/mol. The van der Waals surface area contributed by atoms with E-state index in [1.807, 2.05) is 6.92 Å². The second-order valence-corrected chi connectivity index (χ2v) is 6.43. The summed E-state index contributed by atoms with van der Waals surface area (Å²) in [5, 5.41) is 8.25. The zero-order valence-electron chi connectivity index (χ0n) is 12.5. The smallest absolute Gasteiger partial charge is 0.315 e. The van der Waals surface area contributed by atoms with Crippen LogP contribution in [0.15, 0.2) is 24.3 Å². The molecule has 0 saturated carbocycles. The topological polar surface area (TPSA) is 87.3 Å². The molecule has 1 aliphatic rings. The number of hydrogen-bond donors (Lipinski definition) is 3. The summed E-state index contributed by atoms with van der Waals surface area (Å²) >= 11 is 1.40. The molecule has 0 aromatic heterocycles. The van der Waals surface area contributed by atoms with Gasteiger partial charge in [0.2, 0.25) is 5.91 Å². The lowest BCUT2D eigenvalue weighted by molar-refractivity contribution is -0.113. The SMILES string of the molecule is CC(=O)c1ccc(NC(=O)CSC2CC(C)NC(=O)N2)cc1. The highest BCUT2D eigenvalue weighted by molar-refractivity contribution is 8.00. The van der Waals surface area contributed by atoms with E-state index in [9.17, 15) is 14.4 Å². The van der Waals surface area contributed by atoms with Gasteiger partial charge in [-0.1, -0.05) is 0 Å². The Morgan fingerprint density at radius 3 is 2.55 bits per heavy atom. The van der Waals surface area contributed by atoms with E-state index in [-0.39, 0.29) is 34.9 Å². The van der Waals surface area contributed by atoms with Crippen LogP contribution in [0.5, 0.6) is 0 Å². The van der Waals surface area contributed by atoms with Gasteiger partial charge in [-0.2, -0.15) is 0 Å². The predicted octanol–water partition coefficient (Wildman–Crippen LogP) is 1.98. The number of carbonyl (C=O) groups is 3. The zero-order valence-corrected chi connectivity index (χ0v) is 13.3. The number of rotatable bonds is 5. The summed E-state index contributed by atoms with van der Waals surface area (Å²) in [6.07, 6.45) is 0.775. The third-order valence-electron chi connectivity index (χ3n) is 3.23. The van der Waals surface area contributed by atoms with Crippen molar-refractivity contribution in [2.24, 2.45) is 0 Å². The van der Waals surface area contributed by atoms with Crippen molar-refractivity contribution in [1.82, 2.24) is 10.6 Å². The van der Waals surface area contributed by atoms with Crippen molar-refractivity contribution >= 4 is 35.2 Å². The fourth-order valence-corrected chi connectivity index (χ4v) is 3.16. The van der Waals surface area contributed by atoms with E-state index in [0.29, 0.717) is 11.3 Å². The monoisotopic (exact) mass is 321 g/mol. The molecule has 0 spiro atoms. The van der Waals surface area contributed by atoms with Crippen molar-refractivity contribution in [2.45, 2.75) is 31.7 Å². The molecule has 6 nitrogen and oxygen atoms in total. The first kappa shape index (κ1) is 16.4. The van der Waals surface area contributed by atoms with E-state index in [4.69, 9.17) is 0 Å². The minimum Gasteiger partial charge on any atom is -0.336 e. The standard InChI is InChI=1S/C15H19N3O3S/c1-9-7-14(18-15(21)16-9)22-8-13(20)17-12-5-3-11(4-6-12)10(2)19/h3-6,9,14H,7-8H2,1-2H3,(H,17,20)(H2,16,18,21). The molecule has 2 unspecified atom stereocenters. The molecule has 2 rings (SSSR count). The highest BCUT2D eigenvalue weighted by atomic mass is 32.2. The number of hydrogen-bond acceptors (Lipinski definition) is 4. The number of amides is 3. The molecule has 1 saturated heterocycles. The fraction of sp³-hybridized carbons (Fsp3) is 0.400. The average Bonchev–Trinajstić information content (AvgIpc) is 2.45. The first-order valence-electron chi connectivity index (χ1n) is 7.03. The number of urea groups is 1. The minimum absolute atomic E-state index is 0.01000. The van der Waals surface area contributed by atoms with Gasteiger partial charge >= 0.3 is 6.03 Å². The highest BCUT2D eigenvalue weighted by Gasteiger charge is 2.23. The maximum Gasteiger partial charge on any atom is 0.315 e. The molecule has 3 amide bonds. The van der Waals surface area contributed by atoms with Crippen molar-refractivity contribution in [2.75, 3.05) is 11.1 Å². The van der Waals surface area contributed by atoms with Crippen LogP contribution in [-0.4, -0.2) is 34.9 Å². The Bertz CT molecular complexity index is 574. The van der Waals surface area contributed by atoms with Crippen LogP contribution in [0.4, 0.5) is 10.5 Å². The second kappa shape index (κ2) is 7.31. The van der Waals surface area contributed by atoms with Crippen LogP contribution in [0, 0.1) is 0 Å². The van der Waals surface area contributed by atoms with Gasteiger partial charge in [-0.3, -0.25) is 9.59 Å². The van der Waals surface area contributed by atoms with Gasteiger partial charge in [0.15, 0.2) is 5.78 Å². The molecule has 1 aromatic carbocycles. The lowest BCUT2D eigenvalue weighted by Crippen LogP contribution is -2.52. The van der Waals surface area contributed by atoms with Crippen molar-refractivity contribution in [3.05, 3.63) is 29.8 Å². The van der Waals surface area contributed by atoms with Gasteiger partial charge in [0.25, 0.3) is 0 Å². The van der Waals surface area contributed by atoms with Gasteiger partial charge < -0.3 is 16.0 Å². The van der Waals surface area contributed by atoms with Crippen LogP contribution in [0.1, 0.15) is 30.6 Å². The van der Waals surface area contributed by atoms with Gasteiger partial charge in [-0.25, -0.2) is 4.79 Å². The first-order valence-corrected chi connectivity index (χ1v) is 8.08. The molecule has 3 N–H and O–H groups in total. The van der Waals surface area contributed by atoms with Gasteiger partial charge in [-0.15, -0.1) is 11.8 Å². The summed E-state index contributed by atoms with van der Waals surface area (Å²) in [7, 11) is 0. The number of Topliss-reactive ketones (excluding diaryl/α,β-unsaturated/α-hetero) is 1. The normalized spacial score (nSPS) is 20.7. The van der Waals surface area contributed by atoms with Crippen molar-refractivity contribution in [3.63, 3.8) is 0 Å². The molecule has 1 aromatic rings. The maximum absolute atomic E-state index is 11.9. The third-order valence-corrected chi connectivity index (χ3v) is 4.37. The molecule has 7 heteroatoms. The van der Waals surface area contributed by atoms with Gasteiger partial charge in [0.1, 0.15) is 0 Å². The number of benzene rings is 1. The maximum atomic E-state index is 11.9. The van der Waals surface area contributed by atoms with Crippen LogP contribution in [0.25, 0.3) is 0 Å². The van der Waals surface area contributed by atoms with Crippen molar-refractivity contribution in [1.29, 1.82) is 0 Å². The van der Waals surface area contributed by atoms with E-state index >= 15 is 0 Å². The Balaban J connectivity index is 1.80. The lowest BCUT2D eigenvalue weighted by Gasteiger charge is -2.28. The number of anilines is 1.